The van der Waals surface area contributed by atoms with Crippen LogP contribution in [0.1, 0.15) is 13.3 Å². The van der Waals surface area contributed by atoms with E-state index in [2.05, 4.69) is 6.92 Å². The third-order valence-electron chi connectivity index (χ3n) is 1.96. The van der Waals surface area contributed by atoms with Crippen LogP contribution in [0.4, 0.5) is 0 Å². The monoisotopic (exact) mass is 186 g/mol. The highest BCUT2D eigenvalue weighted by atomic mass is 32.2. The fourth-order valence-electron chi connectivity index (χ4n) is 1.20. The lowest BCUT2D eigenvalue weighted by molar-refractivity contribution is 0.127. The molecule has 3 nitrogen and oxygen atoms in total. The average Bonchev–Trinajstić information content (AvgIpc) is 2.47. The number of rotatable bonds is 3. The van der Waals surface area contributed by atoms with E-state index in [4.69, 9.17) is 15.7 Å². The molecule has 0 spiro atoms. The van der Waals surface area contributed by atoms with Crippen molar-refractivity contribution in [2.75, 3.05) is 12.4 Å². The van der Waals surface area contributed by atoms with Crippen LogP contribution in [-0.4, -0.2) is 29.8 Å². The summed E-state index contributed by atoms with van der Waals surface area (Å²) in [6.45, 7) is 2.92. The van der Waals surface area contributed by atoms with Gasteiger partial charge in [0.15, 0.2) is 0 Å². The van der Waals surface area contributed by atoms with Gasteiger partial charge in [0, 0.05) is 17.6 Å². The second kappa shape index (κ2) is 4.70. The normalized spacial score (nSPS) is 31.4. The predicted octanol–water partition coefficient (Wildman–Crippen LogP) is 0.748. The van der Waals surface area contributed by atoms with Crippen molar-refractivity contribution in [2.45, 2.75) is 30.7 Å². The highest BCUT2D eigenvalue weighted by Gasteiger charge is 2.24. The maximum atomic E-state index is 8.46. The summed E-state index contributed by atoms with van der Waals surface area (Å²) in [7, 11) is 0. The maximum Gasteiger partial charge on any atom is 0.102 e. The Labute approximate surface area is 77.3 Å². The van der Waals surface area contributed by atoms with Gasteiger partial charge in [-0.25, -0.2) is 0 Å². The topological polar surface area (TPSA) is 59.0 Å². The minimum Gasteiger partial charge on any atom is -0.377 e. The number of nitriles is 1. The molecule has 0 radical (unpaired) electrons. The summed E-state index contributed by atoms with van der Waals surface area (Å²) < 4.78 is 5.39. The first-order chi connectivity index (χ1) is 5.74. The van der Waals surface area contributed by atoms with Crippen LogP contribution < -0.4 is 5.73 Å². The summed E-state index contributed by atoms with van der Waals surface area (Å²) >= 11 is 1.75. The minimum atomic E-state index is -0.331. The zero-order valence-electron chi connectivity index (χ0n) is 7.19. The first kappa shape index (κ1) is 9.85. The molecule has 12 heavy (non-hydrogen) atoms. The molecule has 1 heterocycles. The number of nitrogens with two attached hydrogens (primary N) is 1. The van der Waals surface area contributed by atoms with Gasteiger partial charge in [0.2, 0.25) is 0 Å². The minimum absolute atomic E-state index is 0.320. The van der Waals surface area contributed by atoms with Gasteiger partial charge in [0.25, 0.3) is 0 Å². The van der Waals surface area contributed by atoms with Gasteiger partial charge in [0.1, 0.15) is 6.04 Å². The summed E-state index contributed by atoms with van der Waals surface area (Å²) in [5, 5.41) is 8.99. The number of nitrogens with zero attached hydrogens (tertiary/aromatic N) is 1. The number of thioether (sulfide) groups is 1. The van der Waals surface area contributed by atoms with Crippen LogP contribution in [-0.2, 0) is 4.74 Å². The van der Waals surface area contributed by atoms with E-state index in [0.717, 1.165) is 18.8 Å². The van der Waals surface area contributed by atoms with Gasteiger partial charge >= 0.3 is 0 Å². The lowest BCUT2D eigenvalue weighted by Crippen LogP contribution is -2.23. The Morgan fingerprint density at radius 1 is 1.83 bits per heavy atom. The van der Waals surface area contributed by atoms with E-state index in [1.165, 1.54) is 0 Å². The third-order valence-corrected chi connectivity index (χ3v) is 3.56. The molecular weight excluding hydrogens is 172 g/mol. The Balaban J connectivity index is 2.19. The fourth-order valence-corrected chi connectivity index (χ4v) is 2.34. The van der Waals surface area contributed by atoms with Crippen LogP contribution in [0.15, 0.2) is 0 Å². The van der Waals surface area contributed by atoms with Crippen LogP contribution in [0, 0.1) is 11.3 Å². The van der Waals surface area contributed by atoms with Gasteiger partial charge in [-0.05, 0) is 13.3 Å². The summed E-state index contributed by atoms with van der Waals surface area (Å²) in [6.07, 6.45) is 1.41. The average molecular weight is 186 g/mol. The Morgan fingerprint density at radius 2 is 2.58 bits per heavy atom. The third kappa shape index (κ3) is 2.67. The molecule has 1 fully saturated rings. The fraction of sp³-hybridized carbons (Fsp3) is 0.875. The van der Waals surface area contributed by atoms with Crippen molar-refractivity contribution in [1.29, 1.82) is 5.26 Å². The van der Waals surface area contributed by atoms with E-state index in [1.807, 2.05) is 6.07 Å². The van der Waals surface area contributed by atoms with Gasteiger partial charge in [-0.2, -0.15) is 17.0 Å². The van der Waals surface area contributed by atoms with E-state index >= 15 is 0 Å². The van der Waals surface area contributed by atoms with Gasteiger partial charge in [-0.15, -0.1) is 0 Å². The number of hydrogen-bond acceptors (Lipinski definition) is 4. The molecule has 1 saturated heterocycles. The van der Waals surface area contributed by atoms with Crippen LogP contribution >= 0.6 is 11.8 Å². The molecule has 0 bridgehead atoms. The molecule has 4 heteroatoms. The number of ether oxygens (including phenoxy) is 1. The summed E-state index contributed by atoms with van der Waals surface area (Å²) in [5.41, 5.74) is 5.47. The Morgan fingerprint density at radius 3 is 3.08 bits per heavy atom. The largest absolute Gasteiger partial charge is 0.377 e. The van der Waals surface area contributed by atoms with E-state index in [0.29, 0.717) is 11.4 Å². The van der Waals surface area contributed by atoms with Gasteiger partial charge in [0.05, 0.1) is 12.2 Å². The lowest BCUT2D eigenvalue weighted by Gasteiger charge is -2.13. The molecule has 0 aromatic rings. The molecule has 1 aliphatic heterocycles. The van der Waals surface area contributed by atoms with Gasteiger partial charge < -0.3 is 10.5 Å². The maximum absolute atomic E-state index is 8.46. The molecule has 0 aromatic heterocycles. The smallest absolute Gasteiger partial charge is 0.102 e. The van der Waals surface area contributed by atoms with Crippen molar-refractivity contribution in [3.63, 3.8) is 0 Å². The predicted molar refractivity (Wildman–Crippen MR) is 49.9 cm³/mol. The molecule has 2 N–H and O–H groups in total. The molecular formula is C8H14N2OS. The first-order valence-electron chi connectivity index (χ1n) is 4.12. The SMILES string of the molecule is CC1OCCC1SCC(N)C#N. The van der Waals surface area contributed by atoms with Crippen LogP contribution in [0.25, 0.3) is 0 Å². The van der Waals surface area contributed by atoms with Gasteiger partial charge in [-0.1, -0.05) is 0 Å². The van der Waals surface area contributed by atoms with E-state index < -0.39 is 0 Å². The van der Waals surface area contributed by atoms with Gasteiger partial charge in [-0.3, -0.25) is 0 Å². The molecule has 1 aliphatic rings. The molecule has 0 saturated carbocycles. The number of hydrogen-bond donors (Lipinski definition) is 1. The molecule has 3 atom stereocenters. The first-order valence-corrected chi connectivity index (χ1v) is 5.17. The van der Waals surface area contributed by atoms with Crippen molar-refractivity contribution >= 4 is 11.8 Å². The lowest BCUT2D eigenvalue weighted by atomic mass is 10.3. The molecule has 1 rings (SSSR count). The van der Waals surface area contributed by atoms with Crippen molar-refractivity contribution in [2.24, 2.45) is 5.73 Å². The zero-order chi connectivity index (χ0) is 8.97. The summed E-state index contributed by atoms with van der Waals surface area (Å²) in [6, 6.07) is 1.69. The molecule has 0 amide bonds. The zero-order valence-corrected chi connectivity index (χ0v) is 8.01. The molecule has 68 valence electrons. The Hall–Kier alpha value is -0.240. The quantitative estimate of drug-likeness (QED) is 0.706. The second-order valence-electron chi connectivity index (χ2n) is 2.97. The van der Waals surface area contributed by atoms with Crippen molar-refractivity contribution < 1.29 is 4.74 Å². The van der Waals surface area contributed by atoms with Crippen LogP contribution in [0.3, 0.4) is 0 Å². The van der Waals surface area contributed by atoms with E-state index in [-0.39, 0.29) is 6.04 Å². The van der Waals surface area contributed by atoms with Crippen molar-refractivity contribution in [1.82, 2.24) is 0 Å². The van der Waals surface area contributed by atoms with Crippen molar-refractivity contribution in [3.8, 4) is 6.07 Å². The Bertz CT molecular complexity index is 180. The summed E-state index contributed by atoms with van der Waals surface area (Å²) in [4.78, 5) is 0. The highest BCUT2D eigenvalue weighted by molar-refractivity contribution is 8.00. The second-order valence-corrected chi connectivity index (χ2v) is 4.24. The highest BCUT2D eigenvalue weighted by Crippen LogP contribution is 2.26. The standard InChI is InChI=1S/C8H14N2OS/c1-6-8(2-3-11-6)12-5-7(10)4-9/h6-8H,2-3,5,10H2,1H3. The Kier molecular flexibility index (Phi) is 3.86. The van der Waals surface area contributed by atoms with E-state index in [9.17, 15) is 0 Å². The molecule has 0 aromatic carbocycles. The summed E-state index contributed by atoms with van der Waals surface area (Å²) in [5.74, 6) is 0.717. The van der Waals surface area contributed by atoms with Crippen molar-refractivity contribution in [3.05, 3.63) is 0 Å². The van der Waals surface area contributed by atoms with Crippen LogP contribution in [0.5, 0.6) is 0 Å². The van der Waals surface area contributed by atoms with Crippen LogP contribution in [0.2, 0.25) is 0 Å². The molecule has 0 aliphatic carbocycles. The molecule has 3 unspecified atom stereocenters. The van der Waals surface area contributed by atoms with E-state index in [1.54, 1.807) is 11.8 Å².